The molecule has 0 aliphatic carbocycles. The molecule has 0 bridgehead atoms. The Morgan fingerprint density at radius 3 is 2.36 bits per heavy atom. The highest BCUT2D eigenvalue weighted by Crippen LogP contribution is 2.16. The molecule has 5 nitrogen and oxygen atoms in total. The molecule has 0 radical (unpaired) electrons. The fourth-order valence-corrected chi connectivity index (χ4v) is 2.40. The van der Waals surface area contributed by atoms with Gasteiger partial charge in [-0.05, 0) is 48.2 Å². The van der Waals surface area contributed by atoms with Crippen molar-refractivity contribution in [2.24, 2.45) is 0 Å². The Labute approximate surface area is 128 Å². The molecule has 0 spiro atoms. The van der Waals surface area contributed by atoms with E-state index < -0.39 is 0 Å². The molecule has 1 aromatic carbocycles. The Kier molecular flexibility index (Phi) is 3.92. The van der Waals surface area contributed by atoms with E-state index in [2.05, 4.69) is 33.5 Å². The van der Waals surface area contributed by atoms with Gasteiger partial charge in [-0.15, -0.1) is 5.10 Å². The van der Waals surface area contributed by atoms with E-state index in [4.69, 9.17) is 5.26 Å². The zero-order valence-electron chi connectivity index (χ0n) is 12.3. The van der Waals surface area contributed by atoms with Crippen molar-refractivity contribution in [1.29, 1.82) is 5.26 Å². The zero-order chi connectivity index (χ0) is 15.4. The SMILES string of the molecule is CCc1c(C#N)nnn1-c1ccc(Cc2ccncc2)cc1. The van der Waals surface area contributed by atoms with Gasteiger partial charge in [0.25, 0.3) is 0 Å². The molecule has 0 aliphatic heterocycles. The lowest BCUT2D eigenvalue weighted by Crippen LogP contribution is -2.02. The molecule has 3 rings (SSSR count). The summed E-state index contributed by atoms with van der Waals surface area (Å²) < 4.78 is 1.73. The molecular weight excluding hydrogens is 274 g/mol. The van der Waals surface area contributed by atoms with E-state index in [9.17, 15) is 0 Å². The largest absolute Gasteiger partial charge is 0.265 e. The molecule has 0 fully saturated rings. The van der Waals surface area contributed by atoms with Gasteiger partial charge in [0.1, 0.15) is 6.07 Å². The average molecular weight is 289 g/mol. The monoisotopic (exact) mass is 289 g/mol. The van der Waals surface area contributed by atoms with Gasteiger partial charge in [0.05, 0.1) is 11.4 Å². The highest BCUT2D eigenvalue weighted by molar-refractivity contribution is 5.39. The van der Waals surface area contributed by atoms with Gasteiger partial charge in [0.15, 0.2) is 5.69 Å². The summed E-state index contributed by atoms with van der Waals surface area (Å²) in [5, 5.41) is 17.0. The zero-order valence-corrected chi connectivity index (χ0v) is 12.3. The van der Waals surface area contributed by atoms with E-state index in [-0.39, 0.29) is 0 Å². The van der Waals surface area contributed by atoms with Gasteiger partial charge >= 0.3 is 0 Å². The van der Waals surface area contributed by atoms with Crippen LogP contribution in [-0.2, 0) is 12.8 Å². The standard InChI is InChI=1S/C17H15N5/c1-2-17-16(12-18)20-21-22(17)15-5-3-13(4-6-15)11-14-7-9-19-10-8-14/h3-10H,2,11H2,1H3. The number of rotatable bonds is 4. The lowest BCUT2D eigenvalue weighted by Gasteiger charge is -2.06. The van der Waals surface area contributed by atoms with E-state index in [1.54, 1.807) is 17.1 Å². The lowest BCUT2D eigenvalue weighted by atomic mass is 10.1. The van der Waals surface area contributed by atoms with Crippen LogP contribution in [0.3, 0.4) is 0 Å². The van der Waals surface area contributed by atoms with E-state index in [0.717, 1.165) is 17.8 Å². The van der Waals surface area contributed by atoms with Crippen molar-refractivity contribution in [2.75, 3.05) is 0 Å². The summed E-state index contributed by atoms with van der Waals surface area (Å²) in [6, 6.07) is 14.3. The van der Waals surface area contributed by atoms with Crippen molar-refractivity contribution < 1.29 is 0 Å². The second-order valence-corrected chi connectivity index (χ2v) is 4.96. The molecule has 0 aliphatic rings. The fraction of sp³-hybridized carbons (Fsp3) is 0.176. The second kappa shape index (κ2) is 6.19. The van der Waals surface area contributed by atoms with Crippen LogP contribution in [0.2, 0.25) is 0 Å². The van der Waals surface area contributed by atoms with Crippen LogP contribution in [0.4, 0.5) is 0 Å². The van der Waals surface area contributed by atoms with Gasteiger partial charge in [0.2, 0.25) is 0 Å². The Bertz CT molecular complexity index is 797. The summed E-state index contributed by atoms with van der Waals surface area (Å²) in [6.07, 6.45) is 5.19. The highest BCUT2D eigenvalue weighted by atomic mass is 15.4. The van der Waals surface area contributed by atoms with Crippen molar-refractivity contribution >= 4 is 0 Å². The number of benzene rings is 1. The molecule has 2 heterocycles. The van der Waals surface area contributed by atoms with Crippen molar-refractivity contribution in [3.05, 3.63) is 71.3 Å². The van der Waals surface area contributed by atoms with Crippen LogP contribution in [0.25, 0.3) is 5.69 Å². The first-order valence-electron chi connectivity index (χ1n) is 7.14. The third-order valence-corrected chi connectivity index (χ3v) is 3.54. The Balaban J connectivity index is 1.86. The molecule has 0 saturated heterocycles. The van der Waals surface area contributed by atoms with E-state index in [1.165, 1.54) is 11.1 Å². The van der Waals surface area contributed by atoms with E-state index in [0.29, 0.717) is 12.1 Å². The predicted octanol–water partition coefficient (Wildman–Crippen LogP) is 2.69. The fourth-order valence-electron chi connectivity index (χ4n) is 2.40. The van der Waals surface area contributed by atoms with Crippen LogP contribution < -0.4 is 0 Å². The van der Waals surface area contributed by atoms with Crippen molar-refractivity contribution in [1.82, 2.24) is 20.0 Å². The van der Waals surface area contributed by atoms with Crippen LogP contribution in [0.5, 0.6) is 0 Å². The lowest BCUT2D eigenvalue weighted by molar-refractivity contribution is 0.767. The molecule has 5 heteroatoms. The van der Waals surface area contributed by atoms with E-state index in [1.807, 2.05) is 31.2 Å². The summed E-state index contributed by atoms with van der Waals surface area (Å²) in [5.74, 6) is 0. The average Bonchev–Trinajstić information content (AvgIpc) is 2.99. The minimum absolute atomic E-state index is 0.392. The molecule has 0 atom stereocenters. The van der Waals surface area contributed by atoms with Gasteiger partial charge in [0, 0.05) is 12.4 Å². The molecule has 0 saturated carbocycles. The number of hydrogen-bond donors (Lipinski definition) is 0. The number of aromatic nitrogens is 4. The highest BCUT2D eigenvalue weighted by Gasteiger charge is 2.11. The Morgan fingerprint density at radius 2 is 1.73 bits per heavy atom. The maximum absolute atomic E-state index is 9.05. The number of nitriles is 1. The van der Waals surface area contributed by atoms with Gasteiger partial charge in [-0.3, -0.25) is 4.98 Å². The van der Waals surface area contributed by atoms with Crippen LogP contribution in [0.15, 0.2) is 48.8 Å². The van der Waals surface area contributed by atoms with Gasteiger partial charge in [-0.2, -0.15) is 5.26 Å². The van der Waals surface area contributed by atoms with E-state index >= 15 is 0 Å². The third-order valence-electron chi connectivity index (χ3n) is 3.54. The molecular formula is C17H15N5. The van der Waals surface area contributed by atoms with Crippen molar-refractivity contribution in [3.8, 4) is 11.8 Å². The molecule has 108 valence electrons. The first kappa shape index (κ1) is 14.0. The van der Waals surface area contributed by atoms with Gasteiger partial charge in [-0.1, -0.05) is 24.3 Å². The van der Waals surface area contributed by atoms with Crippen LogP contribution >= 0.6 is 0 Å². The summed E-state index contributed by atoms with van der Waals surface area (Å²) >= 11 is 0. The van der Waals surface area contributed by atoms with Crippen LogP contribution in [-0.4, -0.2) is 20.0 Å². The molecule has 0 unspecified atom stereocenters. The predicted molar refractivity (Wildman–Crippen MR) is 82.5 cm³/mol. The molecule has 2 aromatic heterocycles. The third kappa shape index (κ3) is 2.72. The first-order chi connectivity index (χ1) is 10.8. The smallest absolute Gasteiger partial charge is 0.186 e. The maximum Gasteiger partial charge on any atom is 0.186 e. The summed E-state index contributed by atoms with van der Waals surface area (Å²) in [5.41, 5.74) is 4.59. The number of pyridine rings is 1. The first-order valence-corrected chi connectivity index (χ1v) is 7.14. The van der Waals surface area contributed by atoms with Gasteiger partial charge in [-0.25, -0.2) is 4.68 Å². The summed E-state index contributed by atoms with van der Waals surface area (Å²) in [6.45, 7) is 1.99. The van der Waals surface area contributed by atoms with Crippen molar-refractivity contribution in [3.63, 3.8) is 0 Å². The molecule has 0 N–H and O–H groups in total. The normalized spacial score (nSPS) is 10.4. The summed E-state index contributed by atoms with van der Waals surface area (Å²) in [7, 11) is 0. The minimum atomic E-state index is 0.392. The quantitative estimate of drug-likeness (QED) is 0.740. The number of nitrogens with zero attached hydrogens (tertiary/aromatic N) is 5. The minimum Gasteiger partial charge on any atom is -0.265 e. The second-order valence-electron chi connectivity index (χ2n) is 4.96. The molecule has 3 aromatic rings. The Morgan fingerprint density at radius 1 is 1.05 bits per heavy atom. The Hall–Kier alpha value is -3.00. The topological polar surface area (TPSA) is 67.4 Å². The summed E-state index contributed by atoms with van der Waals surface area (Å²) in [4.78, 5) is 4.03. The number of hydrogen-bond acceptors (Lipinski definition) is 4. The van der Waals surface area contributed by atoms with Crippen LogP contribution in [0, 0.1) is 11.3 Å². The molecule has 0 amide bonds. The van der Waals surface area contributed by atoms with Gasteiger partial charge < -0.3 is 0 Å². The van der Waals surface area contributed by atoms with Crippen LogP contribution in [0.1, 0.15) is 29.4 Å². The molecule has 22 heavy (non-hydrogen) atoms. The maximum atomic E-state index is 9.05. The van der Waals surface area contributed by atoms with Crippen molar-refractivity contribution in [2.45, 2.75) is 19.8 Å².